The minimum Gasteiger partial charge on any atom is -0.0995 e. The third-order valence-corrected chi connectivity index (χ3v) is 3.48. The van der Waals surface area contributed by atoms with Gasteiger partial charge in [-0.2, -0.15) is 0 Å². The fourth-order valence-corrected chi connectivity index (χ4v) is 1.92. The normalized spacial score (nSPS) is 14.9. The van der Waals surface area contributed by atoms with Crippen molar-refractivity contribution in [2.45, 2.75) is 66.7 Å². The van der Waals surface area contributed by atoms with Crippen molar-refractivity contribution in [1.82, 2.24) is 0 Å². The van der Waals surface area contributed by atoms with Crippen LogP contribution in [0.4, 0.5) is 0 Å². The molecule has 0 amide bonds. The predicted molar refractivity (Wildman–Crippen MR) is 80.3 cm³/mol. The molecule has 0 nitrogen and oxygen atoms in total. The summed E-state index contributed by atoms with van der Waals surface area (Å²) in [7, 11) is 0. The summed E-state index contributed by atoms with van der Waals surface area (Å²) in [5.74, 6) is 0.571. The molecule has 98 valence electrons. The molecule has 0 aromatic rings. The molecule has 0 saturated carbocycles. The molecule has 1 unspecified atom stereocenters. The molecule has 0 rings (SSSR count). The van der Waals surface area contributed by atoms with Gasteiger partial charge in [-0.05, 0) is 51.9 Å². The smallest absolute Gasteiger partial charge is 0.00287 e. The van der Waals surface area contributed by atoms with E-state index in [9.17, 15) is 0 Å². The van der Waals surface area contributed by atoms with Crippen LogP contribution in [0.3, 0.4) is 0 Å². The lowest BCUT2D eigenvalue weighted by atomic mass is 9.93. The van der Waals surface area contributed by atoms with Gasteiger partial charge in [0, 0.05) is 0 Å². The van der Waals surface area contributed by atoms with Crippen molar-refractivity contribution in [3.05, 3.63) is 35.5 Å². The average molecular weight is 234 g/mol. The topological polar surface area (TPSA) is 0 Å². The van der Waals surface area contributed by atoms with Crippen molar-refractivity contribution >= 4 is 0 Å². The molecule has 0 spiro atoms. The van der Waals surface area contributed by atoms with Gasteiger partial charge in [-0.15, -0.1) is 0 Å². The van der Waals surface area contributed by atoms with Gasteiger partial charge in [0.25, 0.3) is 0 Å². The van der Waals surface area contributed by atoms with Gasteiger partial charge in [0.1, 0.15) is 0 Å². The fourth-order valence-electron chi connectivity index (χ4n) is 1.92. The molecule has 17 heavy (non-hydrogen) atoms. The van der Waals surface area contributed by atoms with Crippen molar-refractivity contribution in [1.29, 1.82) is 0 Å². The number of allylic oxidation sites excluding steroid dienone is 5. The van der Waals surface area contributed by atoms with Gasteiger partial charge in [-0.25, -0.2) is 0 Å². The highest BCUT2D eigenvalue weighted by Crippen LogP contribution is 2.20. The van der Waals surface area contributed by atoms with Gasteiger partial charge in [0.2, 0.25) is 0 Å². The second kappa shape index (κ2) is 9.27. The summed E-state index contributed by atoms with van der Waals surface area (Å²) in [6, 6.07) is 0. The Hall–Kier alpha value is -0.780. The van der Waals surface area contributed by atoms with Gasteiger partial charge in [0.15, 0.2) is 0 Å². The molecule has 0 radical (unpaired) electrons. The summed E-state index contributed by atoms with van der Waals surface area (Å²) >= 11 is 0. The van der Waals surface area contributed by atoms with Gasteiger partial charge in [-0.1, -0.05) is 56.2 Å². The molecule has 0 N–H and O–H groups in total. The van der Waals surface area contributed by atoms with Gasteiger partial charge in [-0.3, -0.25) is 0 Å². The van der Waals surface area contributed by atoms with Crippen LogP contribution in [-0.2, 0) is 0 Å². The minimum atomic E-state index is 0.571. The molecule has 0 aromatic carbocycles. The highest BCUT2D eigenvalue weighted by Gasteiger charge is 2.04. The number of hydrogen-bond donors (Lipinski definition) is 0. The first-order chi connectivity index (χ1) is 8.04. The van der Waals surface area contributed by atoms with E-state index >= 15 is 0 Å². The Kier molecular flexibility index (Phi) is 8.85. The van der Waals surface area contributed by atoms with E-state index in [1.807, 2.05) is 0 Å². The Balaban J connectivity index is 4.41. The maximum Gasteiger partial charge on any atom is -0.00287 e. The van der Waals surface area contributed by atoms with Crippen LogP contribution in [0.25, 0.3) is 0 Å². The molecule has 0 aliphatic rings. The lowest BCUT2D eigenvalue weighted by molar-refractivity contribution is 0.711. The molecule has 0 heterocycles. The Morgan fingerprint density at radius 3 is 2.18 bits per heavy atom. The van der Waals surface area contributed by atoms with Crippen LogP contribution < -0.4 is 0 Å². The summed E-state index contributed by atoms with van der Waals surface area (Å²) in [4.78, 5) is 0. The van der Waals surface area contributed by atoms with E-state index in [4.69, 9.17) is 0 Å². The van der Waals surface area contributed by atoms with E-state index < -0.39 is 0 Å². The van der Waals surface area contributed by atoms with Crippen LogP contribution in [0.2, 0.25) is 0 Å². The van der Waals surface area contributed by atoms with Crippen LogP contribution in [0.5, 0.6) is 0 Å². The van der Waals surface area contributed by atoms with Gasteiger partial charge in [0.05, 0.1) is 0 Å². The van der Waals surface area contributed by atoms with Crippen molar-refractivity contribution in [2.75, 3.05) is 0 Å². The van der Waals surface area contributed by atoms with E-state index in [0.29, 0.717) is 5.92 Å². The largest absolute Gasteiger partial charge is 0.0995 e. The Morgan fingerprint density at radius 1 is 1.12 bits per heavy atom. The fraction of sp³-hybridized carbons (Fsp3) is 0.647. The predicted octanol–water partition coefficient (Wildman–Crippen LogP) is 6.06. The highest BCUT2D eigenvalue weighted by atomic mass is 14.1. The molecule has 0 fully saturated rings. The standard InChI is InChI=1S/C17H30/c1-7-15(6)11-10-12-16(8-2)13-17(9-3)14(4)5/h11,13,17H,4,7-10,12H2,1-3,5-6H3. The average Bonchev–Trinajstić information content (AvgIpc) is 2.32. The highest BCUT2D eigenvalue weighted by molar-refractivity contribution is 5.13. The minimum absolute atomic E-state index is 0.571. The first-order valence-corrected chi connectivity index (χ1v) is 7.05. The Labute approximate surface area is 109 Å². The first kappa shape index (κ1) is 16.2. The zero-order valence-electron chi connectivity index (χ0n) is 12.5. The monoisotopic (exact) mass is 234 g/mol. The zero-order chi connectivity index (χ0) is 13.3. The molecule has 0 saturated heterocycles. The summed E-state index contributed by atoms with van der Waals surface area (Å²) in [6.45, 7) is 15.2. The Bertz CT molecular complexity index is 278. The van der Waals surface area contributed by atoms with Crippen LogP contribution in [0, 0.1) is 5.92 Å². The SMILES string of the molecule is C=C(C)C(C=C(CC)CCC=C(C)CC)CC. The number of hydrogen-bond acceptors (Lipinski definition) is 0. The van der Waals surface area contributed by atoms with Crippen molar-refractivity contribution in [3.63, 3.8) is 0 Å². The van der Waals surface area contributed by atoms with E-state index in [2.05, 4.69) is 53.3 Å². The van der Waals surface area contributed by atoms with Crippen molar-refractivity contribution < 1.29 is 0 Å². The zero-order valence-corrected chi connectivity index (χ0v) is 12.5. The van der Waals surface area contributed by atoms with E-state index in [0.717, 1.165) is 0 Å². The molecule has 0 aliphatic carbocycles. The molecule has 0 bridgehead atoms. The number of rotatable bonds is 8. The van der Waals surface area contributed by atoms with E-state index in [-0.39, 0.29) is 0 Å². The Morgan fingerprint density at radius 2 is 1.76 bits per heavy atom. The van der Waals surface area contributed by atoms with Crippen molar-refractivity contribution in [3.8, 4) is 0 Å². The van der Waals surface area contributed by atoms with Gasteiger partial charge >= 0.3 is 0 Å². The summed E-state index contributed by atoms with van der Waals surface area (Å²) < 4.78 is 0. The third kappa shape index (κ3) is 7.20. The van der Waals surface area contributed by atoms with Gasteiger partial charge < -0.3 is 0 Å². The van der Waals surface area contributed by atoms with Crippen LogP contribution in [0.15, 0.2) is 35.5 Å². The second-order valence-corrected chi connectivity index (χ2v) is 4.98. The molecule has 1 atom stereocenters. The summed E-state index contributed by atoms with van der Waals surface area (Å²) in [5.41, 5.74) is 4.38. The molecule has 0 aromatic heterocycles. The van der Waals surface area contributed by atoms with Crippen LogP contribution in [0.1, 0.15) is 66.7 Å². The molecular weight excluding hydrogens is 204 g/mol. The van der Waals surface area contributed by atoms with Crippen LogP contribution in [-0.4, -0.2) is 0 Å². The second-order valence-electron chi connectivity index (χ2n) is 4.98. The lowest BCUT2D eigenvalue weighted by Crippen LogP contribution is -1.97. The molecule has 0 aliphatic heterocycles. The third-order valence-electron chi connectivity index (χ3n) is 3.48. The quantitative estimate of drug-likeness (QED) is 0.448. The van der Waals surface area contributed by atoms with Crippen LogP contribution >= 0.6 is 0 Å². The summed E-state index contributed by atoms with van der Waals surface area (Å²) in [6.07, 6.45) is 10.7. The van der Waals surface area contributed by atoms with E-state index in [1.54, 1.807) is 5.57 Å². The maximum atomic E-state index is 4.08. The molecular formula is C17H30. The van der Waals surface area contributed by atoms with Crippen molar-refractivity contribution in [2.24, 2.45) is 5.92 Å². The summed E-state index contributed by atoms with van der Waals surface area (Å²) in [5, 5.41) is 0. The first-order valence-electron chi connectivity index (χ1n) is 7.05. The lowest BCUT2D eigenvalue weighted by Gasteiger charge is -2.12. The maximum absolute atomic E-state index is 4.08. The molecule has 0 heteroatoms. The van der Waals surface area contributed by atoms with E-state index in [1.165, 1.54) is 43.3 Å².